The normalized spacial score (nSPS) is 11.1. The summed E-state index contributed by atoms with van der Waals surface area (Å²) < 4.78 is 1.02. The van der Waals surface area contributed by atoms with Gasteiger partial charge in [-0.1, -0.05) is 70.1 Å². The second kappa shape index (κ2) is 9.19. The van der Waals surface area contributed by atoms with Crippen LogP contribution in [-0.2, 0) is 6.42 Å². The molecule has 0 N–H and O–H groups in total. The van der Waals surface area contributed by atoms with Crippen molar-refractivity contribution in [1.29, 1.82) is 0 Å². The van der Waals surface area contributed by atoms with Crippen LogP contribution in [-0.4, -0.2) is 4.98 Å². The van der Waals surface area contributed by atoms with Crippen molar-refractivity contribution in [3.8, 4) is 0 Å². The van der Waals surface area contributed by atoms with Crippen LogP contribution in [0.2, 0.25) is 0 Å². The number of hydrogen-bond donors (Lipinski definition) is 0. The Morgan fingerprint density at radius 1 is 0.905 bits per heavy atom. The van der Waals surface area contributed by atoms with E-state index in [1.54, 1.807) is 0 Å². The van der Waals surface area contributed by atoms with Crippen LogP contribution in [0.4, 0.5) is 0 Å². The third kappa shape index (κ3) is 5.43. The van der Waals surface area contributed by atoms with E-state index in [1.165, 1.54) is 62.3 Å². The number of fused-ring (bicyclic) bond motifs is 1. The molecule has 2 aromatic rings. The van der Waals surface area contributed by atoms with Gasteiger partial charge in [-0.3, -0.25) is 0 Å². The van der Waals surface area contributed by atoms with Gasteiger partial charge in [0.05, 0.1) is 5.52 Å². The number of rotatable bonds is 9. The highest BCUT2D eigenvalue weighted by molar-refractivity contribution is 9.10. The topological polar surface area (TPSA) is 12.9 Å². The van der Waals surface area contributed by atoms with Gasteiger partial charge < -0.3 is 0 Å². The maximum absolute atomic E-state index is 4.64. The minimum absolute atomic E-state index is 1.02. The van der Waals surface area contributed by atoms with Gasteiger partial charge >= 0.3 is 0 Å². The van der Waals surface area contributed by atoms with Crippen LogP contribution >= 0.6 is 15.9 Å². The molecule has 1 heterocycles. The molecule has 2 heteroatoms. The number of aromatic nitrogens is 1. The van der Waals surface area contributed by atoms with Gasteiger partial charge in [-0.2, -0.15) is 0 Å². The molecule has 0 amide bonds. The zero-order chi connectivity index (χ0) is 14.9. The van der Waals surface area contributed by atoms with E-state index in [4.69, 9.17) is 0 Å². The van der Waals surface area contributed by atoms with E-state index in [0.717, 1.165) is 16.5 Å². The monoisotopic (exact) mass is 347 g/mol. The minimum Gasteiger partial charge on any atom is -0.241 e. The van der Waals surface area contributed by atoms with Crippen LogP contribution in [0, 0.1) is 0 Å². The van der Waals surface area contributed by atoms with Crippen molar-refractivity contribution in [2.75, 3.05) is 0 Å². The number of pyridine rings is 1. The summed E-state index contributed by atoms with van der Waals surface area (Å²) in [4.78, 5) is 4.64. The zero-order valence-electron chi connectivity index (χ0n) is 13.1. The third-order valence-corrected chi connectivity index (χ3v) is 4.74. The fraction of sp³-hybridized carbons (Fsp3) is 0.526. The van der Waals surface area contributed by atoms with Gasteiger partial charge in [-0.25, -0.2) is 4.98 Å². The summed E-state index contributed by atoms with van der Waals surface area (Å²) in [6.45, 7) is 2.27. The summed E-state index contributed by atoms with van der Waals surface area (Å²) >= 11 is 3.62. The summed E-state index contributed by atoms with van der Waals surface area (Å²) in [5.41, 5.74) is 2.42. The molecular weight excluding hydrogens is 322 g/mol. The number of hydrogen-bond acceptors (Lipinski definition) is 1. The van der Waals surface area contributed by atoms with Gasteiger partial charge in [0.1, 0.15) is 4.60 Å². The van der Waals surface area contributed by atoms with E-state index in [-0.39, 0.29) is 0 Å². The second-order valence-corrected chi connectivity index (χ2v) is 6.61. The highest BCUT2D eigenvalue weighted by atomic mass is 79.9. The summed E-state index contributed by atoms with van der Waals surface area (Å²) in [7, 11) is 0. The molecule has 1 aromatic carbocycles. The summed E-state index contributed by atoms with van der Waals surface area (Å²) in [6.07, 6.45) is 12.1. The Balaban J connectivity index is 1.74. The molecule has 0 unspecified atom stereocenters. The fourth-order valence-corrected chi connectivity index (χ4v) is 3.26. The minimum atomic E-state index is 1.02. The van der Waals surface area contributed by atoms with Crippen molar-refractivity contribution >= 4 is 26.8 Å². The SMILES string of the molecule is CCCCCCCCCCc1cc2ccccc2nc1Br. The Bertz CT molecular complexity index is 550. The summed E-state index contributed by atoms with van der Waals surface area (Å²) in [6, 6.07) is 10.6. The van der Waals surface area contributed by atoms with Crippen LogP contribution in [0.25, 0.3) is 10.9 Å². The predicted molar refractivity (Wildman–Crippen MR) is 95.8 cm³/mol. The van der Waals surface area contributed by atoms with Crippen molar-refractivity contribution in [2.45, 2.75) is 64.7 Å². The van der Waals surface area contributed by atoms with E-state index in [0.29, 0.717) is 0 Å². The predicted octanol–water partition coefficient (Wildman–Crippen LogP) is 6.68. The van der Waals surface area contributed by atoms with Crippen molar-refractivity contribution in [1.82, 2.24) is 4.98 Å². The molecule has 0 saturated carbocycles. The lowest BCUT2D eigenvalue weighted by molar-refractivity contribution is 0.575. The molecule has 0 bridgehead atoms. The quantitative estimate of drug-likeness (QED) is 0.364. The summed E-state index contributed by atoms with van der Waals surface area (Å²) in [5, 5.41) is 1.25. The van der Waals surface area contributed by atoms with E-state index < -0.39 is 0 Å². The highest BCUT2D eigenvalue weighted by Gasteiger charge is 2.04. The molecule has 1 nitrogen and oxygen atoms in total. The number of halogens is 1. The molecule has 0 aliphatic heterocycles. The van der Waals surface area contributed by atoms with Gasteiger partial charge in [0.25, 0.3) is 0 Å². The largest absolute Gasteiger partial charge is 0.241 e. The molecule has 0 saturated heterocycles. The molecule has 0 spiro atoms. The first kappa shape index (κ1) is 16.5. The van der Waals surface area contributed by atoms with Crippen LogP contribution in [0.15, 0.2) is 34.9 Å². The number of unbranched alkanes of at least 4 members (excludes halogenated alkanes) is 7. The Morgan fingerprint density at radius 3 is 2.33 bits per heavy atom. The Labute approximate surface area is 137 Å². The van der Waals surface area contributed by atoms with Gasteiger partial charge in [-0.05, 0) is 46.5 Å². The molecule has 1 aromatic heterocycles. The van der Waals surface area contributed by atoms with Gasteiger partial charge in [0.15, 0.2) is 0 Å². The number of para-hydroxylation sites is 1. The fourth-order valence-electron chi connectivity index (χ4n) is 2.76. The molecule has 114 valence electrons. The molecule has 21 heavy (non-hydrogen) atoms. The van der Waals surface area contributed by atoms with Crippen LogP contribution in [0.1, 0.15) is 63.9 Å². The van der Waals surface area contributed by atoms with Crippen molar-refractivity contribution in [3.05, 3.63) is 40.5 Å². The molecule has 2 rings (SSSR count). The first-order valence-corrected chi connectivity index (χ1v) is 9.14. The van der Waals surface area contributed by atoms with E-state index >= 15 is 0 Å². The van der Waals surface area contributed by atoms with Crippen LogP contribution in [0.5, 0.6) is 0 Å². The van der Waals surface area contributed by atoms with Crippen LogP contribution in [0.3, 0.4) is 0 Å². The first-order chi connectivity index (χ1) is 10.3. The van der Waals surface area contributed by atoms with Crippen molar-refractivity contribution in [3.63, 3.8) is 0 Å². The highest BCUT2D eigenvalue weighted by Crippen LogP contribution is 2.22. The Kier molecular flexibility index (Phi) is 7.21. The maximum Gasteiger partial charge on any atom is 0.110 e. The van der Waals surface area contributed by atoms with Gasteiger partial charge in [0, 0.05) is 5.39 Å². The molecule has 0 aliphatic carbocycles. The first-order valence-electron chi connectivity index (χ1n) is 8.35. The van der Waals surface area contributed by atoms with E-state index in [2.05, 4.69) is 52.1 Å². The number of nitrogens with zero attached hydrogens (tertiary/aromatic N) is 1. The lowest BCUT2D eigenvalue weighted by atomic mass is 10.0. The second-order valence-electron chi connectivity index (χ2n) is 5.86. The smallest absolute Gasteiger partial charge is 0.110 e. The van der Waals surface area contributed by atoms with Gasteiger partial charge in [0.2, 0.25) is 0 Å². The third-order valence-electron chi connectivity index (χ3n) is 4.05. The average molecular weight is 348 g/mol. The molecular formula is C19H26BrN. The summed E-state index contributed by atoms with van der Waals surface area (Å²) in [5.74, 6) is 0. The van der Waals surface area contributed by atoms with E-state index in [9.17, 15) is 0 Å². The van der Waals surface area contributed by atoms with E-state index in [1.807, 2.05) is 6.07 Å². The Morgan fingerprint density at radius 2 is 1.57 bits per heavy atom. The molecule has 0 fully saturated rings. The van der Waals surface area contributed by atoms with Crippen molar-refractivity contribution in [2.24, 2.45) is 0 Å². The van der Waals surface area contributed by atoms with Crippen LogP contribution < -0.4 is 0 Å². The maximum atomic E-state index is 4.64. The standard InChI is InChI=1S/C19H26BrN/c1-2-3-4-5-6-7-8-9-13-17-15-16-12-10-11-14-18(16)21-19(17)20/h10-12,14-15H,2-9,13H2,1H3. The lowest BCUT2D eigenvalue weighted by Crippen LogP contribution is -1.92. The van der Waals surface area contributed by atoms with Gasteiger partial charge in [-0.15, -0.1) is 0 Å². The zero-order valence-corrected chi connectivity index (χ0v) is 14.7. The molecule has 0 radical (unpaired) electrons. The van der Waals surface area contributed by atoms with Crippen molar-refractivity contribution < 1.29 is 0 Å². The average Bonchev–Trinajstić information content (AvgIpc) is 2.50. The Hall–Kier alpha value is -0.890. The number of benzene rings is 1. The number of aryl methyl sites for hydroxylation is 1. The lowest BCUT2D eigenvalue weighted by Gasteiger charge is -2.06. The molecule has 0 aliphatic rings. The molecule has 0 atom stereocenters.